The summed E-state index contributed by atoms with van der Waals surface area (Å²) < 4.78 is 13.3. The van der Waals surface area contributed by atoms with Crippen molar-refractivity contribution in [2.75, 3.05) is 24.3 Å². The van der Waals surface area contributed by atoms with Gasteiger partial charge < -0.3 is 14.8 Å². The van der Waals surface area contributed by atoms with Crippen LogP contribution >= 0.6 is 23.1 Å². The molecule has 1 aliphatic heterocycles. The van der Waals surface area contributed by atoms with E-state index in [4.69, 9.17) is 9.47 Å². The lowest BCUT2D eigenvalue weighted by Gasteiger charge is -2.14. The quantitative estimate of drug-likeness (QED) is 0.496. The molecule has 3 heterocycles. The third-order valence-corrected chi connectivity index (χ3v) is 6.48. The predicted octanol–water partition coefficient (Wildman–Crippen LogP) is 4.32. The molecule has 1 unspecified atom stereocenters. The molecule has 1 aromatic carbocycles. The number of aromatic nitrogens is 3. The van der Waals surface area contributed by atoms with E-state index in [-0.39, 0.29) is 17.8 Å². The molecule has 3 aromatic rings. The van der Waals surface area contributed by atoms with E-state index in [1.165, 1.54) is 11.8 Å². The second-order valence-corrected chi connectivity index (χ2v) is 8.71. The Balaban J connectivity index is 1.41. The van der Waals surface area contributed by atoms with Crippen LogP contribution in [0.3, 0.4) is 0 Å². The van der Waals surface area contributed by atoms with E-state index in [2.05, 4.69) is 20.1 Å². The van der Waals surface area contributed by atoms with E-state index in [9.17, 15) is 4.79 Å². The SMILES string of the molecule is CCOc1ccc(NC(=O)CSc2nnc(-c3cccs3)n2CC2CCCO2)cc1. The van der Waals surface area contributed by atoms with Gasteiger partial charge in [-0.05, 0) is 55.5 Å². The summed E-state index contributed by atoms with van der Waals surface area (Å²) in [5.41, 5.74) is 0.740. The molecule has 0 aliphatic carbocycles. The van der Waals surface area contributed by atoms with Crippen LogP contribution in [0.1, 0.15) is 19.8 Å². The Morgan fingerprint density at radius 3 is 2.90 bits per heavy atom. The van der Waals surface area contributed by atoms with Crippen LogP contribution in [0.4, 0.5) is 5.69 Å². The first-order valence-corrected chi connectivity index (χ1v) is 11.8. The van der Waals surface area contributed by atoms with Gasteiger partial charge in [0.1, 0.15) is 5.75 Å². The smallest absolute Gasteiger partial charge is 0.234 e. The molecule has 0 radical (unpaired) electrons. The number of nitrogens with zero attached hydrogens (tertiary/aromatic N) is 3. The van der Waals surface area contributed by atoms with Gasteiger partial charge >= 0.3 is 0 Å². The van der Waals surface area contributed by atoms with Crippen molar-refractivity contribution < 1.29 is 14.3 Å². The standard InChI is InChI=1S/C21H24N4O3S2/c1-2-27-16-9-7-15(8-10-16)22-19(26)14-30-21-24-23-20(18-6-4-12-29-18)25(21)13-17-5-3-11-28-17/h4,6-10,12,17H,2-3,5,11,13-14H2,1H3,(H,22,26). The van der Waals surface area contributed by atoms with Crippen LogP contribution in [0.5, 0.6) is 5.75 Å². The van der Waals surface area contributed by atoms with Gasteiger partial charge in [0.2, 0.25) is 5.91 Å². The van der Waals surface area contributed by atoms with E-state index < -0.39 is 0 Å². The highest BCUT2D eigenvalue weighted by molar-refractivity contribution is 7.99. The molecular weight excluding hydrogens is 420 g/mol. The molecule has 1 amide bonds. The van der Waals surface area contributed by atoms with E-state index in [0.717, 1.165) is 46.7 Å². The normalized spacial score (nSPS) is 16.0. The number of carbonyl (C=O) groups excluding carboxylic acids is 1. The lowest BCUT2D eigenvalue weighted by Crippen LogP contribution is -2.18. The fraction of sp³-hybridized carbons (Fsp3) is 0.381. The van der Waals surface area contributed by atoms with Gasteiger partial charge in [-0.15, -0.1) is 21.5 Å². The van der Waals surface area contributed by atoms with Crippen LogP contribution in [0.2, 0.25) is 0 Å². The number of amides is 1. The maximum atomic E-state index is 12.4. The summed E-state index contributed by atoms with van der Waals surface area (Å²) in [5.74, 6) is 1.78. The molecule has 1 fully saturated rings. The van der Waals surface area contributed by atoms with Crippen molar-refractivity contribution in [2.45, 2.75) is 37.6 Å². The lowest BCUT2D eigenvalue weighted by molar-refractivity contribution is -0.113. The van der Waals surface area contributed by atoms with Crippen LogP contribution in [0, 0.1) is 0 Å². The number of nitrogens with one attached hydrogen (secondary N) is 1. The number of hydrogen-bond donors (Lipinski definition) is 1. The van der Waals surface area contributed by atoms with Gasteiger partial charge in [0.25, 0.3) is 0 Å². The van der Waals surface area contributed by atoms with Crippen LogP contribution in [-0.2, 0) is 16.1 Å². The van der Waals surface area contributed by atoms with Gasteiger partial charge in [-0.3, -0.25) is 9.36 Å². The van der Waals surface area contributed by atoms with Gasteiger partial charge in [0.15, 0.2) is 11.0 Å². The minimum atomic E-state index is -0.0894. The van der Waals surface area contributed by atoms with Crippen molar-refractivity contribution in [2.24, 2.45) is 0 Å². The highest BCUT2D eigenvalue weighted by Crippen LogP contribution is 2.29. The monoisotopic (exact) mass is 444 g/mol. The van der Waals surface area contributed by atoms with Gasteiger partial charge in [-0.2, -0.15) is 0 Å². The van der Waals surface area contributed by atoms with Crippen molar-refractivity contribution in [3.05, 3.63) is 41.8 Å². The molecule has 4 rings (SSSR count). The van der Waals surface area contributed by atoms with Gasteiger partial charge in [-0.1, -0.05) is 17.8 Å². The van der Waals surface area contributed by atoms with Crippen molar-refractivity contribution in [3.8, 4) is 16.5 Å². The number of thioether (sulfide) groups is 1. The Bertz CT molecular complexity index is 951. The second kappa shape index (κ2) is 10.1. The summed E-state index contributed by atoms with van der Waals surface area (Å²) in [6, 6.07) is 11.4. The number of carbonyl (C=O) groups is 1. The molecule has 7 nitrogen and oxygen atoms in total. The van der Waals surface area contributed by atoms with Gasteiger partial charge in [-0.25, -0.2) is 0 Å². The zero-order chi connectivity index (χ0) is 20.8. The molecule has 0 spiro atoms. The maximum absolute atomic E-state index is 12.4. The molecule has 0 bridgehead atoms. The van der Waals surface area contributed by atoms with Crippen LogP contribution in [-0.4, -0.2) is 45.7 Å². The average Bonchev–Trinajstić information content (AvgIpc) is 3.51. The Morgan fingerprint density at radius 2 is 2.20 bits per heavy atom. The second-order valence-electron chi connectivity index (χ2n) is 6.82. The average molecular weight is 445 g/mol. The van der Waals surface area contributed by atoms with Crippen LogP contribution in [0.15, 0.2) is 46.9 Å². The van der Waals surface area contributed by atoms with E-state index in [1.807, 2.05) is 48.7 Å². The lowest BCUT2D eigenvalue weighted by atomic mass is 10.2. The molecule has 30 heavy (non-hydrogen) atoms. The zero-order valence-corrected chi connectivity index (χ0v) is 18.4. The number of anilines is 1. The third kappa shape index (κ3) is 5.21. The fourth-order valence-electron chi connectivity index (χ4n) is 3.27. The zero-order valence-electron chi connectivity index (χ0n) is 16.7. The minimum Gasteiger partial charge on any atom is -0.494 e. The largest absolute Gasteiger partial charge is 0.494 e. The van der Waals surface area contributed by atoms with Crippen molar-refractivity contribution in [1.82, 2.24) is 14.8 Å². The number of thiophene rings is 1. The number of ether oxygens (including phenoxy) is 2. The molecule has 1 atom stereocenters. The number of rotatable bonds is 9. The fourth-order valence-corrected chi connectivity index (χ4v) is 4.73. The molecule has 2 aromatic heterocycles. The summed E-state index contributed by atoms with van der Waals surface area (Å²) in [5, 5.41) is 14.4. The number of benzene rings is 1. The molecule has 1 aliphatic rings. The molecule has 9 heteroatoms. The first kappa shape index (κ1) is 20.9. The minimum absolute atomic E-state index is 0.0894. The summed E-state index contributed by atoms with van der Waals surface area (Å²) in [6.07, 6.45) is 2.27. The van der Waals surface area contributed by atoms with Crippen LogP contribution < -0.4 is 10.1 Å². The highest BCUT2D eigenvalue weighted by atomic mass is 32.2. The predicted molar refractivity (Wildman–Crippen MR) is 119 cm³/mol. The molecule has 158 valence electrons. The maximum Gasteiger partial charge on any atom is 0.234 e. The van der Waals surface area contributed by atoms with Gasteiger partial charge in [0, 0.05) is 12.3 Å². The van der Waals surface area contributed by atoms with Crippen molar-refractivity contribution in [3.63, 3.8) is 0 Å². The van der Waals surface area contributed by atoms with Crippen molar-refractivity contribution in [1.29, 1.82) is 0 Å². The molecule has 1 saturated heterocycles. The first-order valence-electron chi connectivity index (χ1n) is 9.97. The number of hydrogen-bond acceptors (Lipinski definition) is 7. The Morgan fingerprint density at radius 1 is 1.33 bits per heavy atom. The van der Waals surface area contributed by atoms with Gasteiger partial charge in [0.05, 0.1) is 29.9 Å². The summed E-state index contributed by atoms with van der Waals surface area (Å²) in [6.45, 7) is 4.05. The molecule has 1 N–H and O–H groups in total. The van der Waals surface area contributed by atoms with E-state index in [1.54, 1.807) is 11.3 Å². The highest BCUT2D eigenvalue weighted by Gasteiger charge is 2.22. The molecular formula is C21H24N4O3S2. The summed E-state index contributed by atoms with van der Waals surface area (Å²) >= 11 is 3.02. The third-order valence-electron chi connectivity index (χ3n) is 4.65. The Labute approximate surface area is 183 Å². The summed E-state index contributed by atoms with van der Waals surface area (Å²) in [7, 11) is 0. The van der Waals surface area contributed by atoms with Crippen LogP contribution in [0.25, 0.3) is 10.7 Å². The van der Waals surface area contributed by atoms with E-state index >= 15 is 0 Å². The Hall–Kier alpha value is -2.36. The topological polar surface area (TPSA) is 78.3 Å². The molecule has 0 saturated carbocycles. The first-order chi connectivity index (χ1) is 14.7. The summed E-state index contributed by atoms with van der Waals surface area (Å²) in [4.78, 5) is 13.5. The van der Waals surface area contributed by atoms with E-state index in [0.29, 0.717) is 13.2 Å². The Kier molecular flexibility index (Phi) is 7.03. The van der Waals surface area contributed by atoms with Crippen molar-refractivity contribution >= 4 is 34.7 Å².